The van der Waals surface area contributed by atoms with E-state index in [-0.39, 0.29) is 0 Å². The molecule has 95 valence electrons. The van der Waals surface area contributed by atoms with E-state index in [1.54, 1.807) is 0 Å². The van der Waals surface area contributed by atoms with Gasteiger partial charge >= 0.3 is 0 Å². The molecule has 2 heteroatoms. The summed E-state index contributed by atoms with van der Waals surface area (Å²) < 4.78 is 0. The van der Waals surface area contributed by atoms with Crippen LogP contribution in [0.15, 0.2) is 29.4 Å². The third kappa shape index (κ3) is 3.12. The minimum atomic E-state index is 0.360. The maximum Gasteiger partial charge on any atom is 0.139 e. The third-order valence-corrected chi connectivity index (χ3v) is 3.86. The third-order valence-electron chi connectivity index (χ3n) is 3.86. The zero-order valence-electron chi connectivity index (χ0n) is 10.8. The molecular weight excluding hydrogens is 222 g/mol. The van der Waals surface area contributed by atoms with Crippen molar-refractivity contribution in [3.63, 3.8) is 0 Å². The van der Waals surface area contributed by atoms with Gasteiger partial charge in [-0.15, -0.1) is 0 Å². The van der Waals surface area contributed by atoms with Gasteiger partial charge in [0.2, 0.25) is 0 Å². The van der Waals surface area contributed by atoms with E-state index in [0.29, 0.717) is 6.10 Å². The van der Waals surface area contributed by atoms with Crippen molar-refractivity contribution in [2.75, 3.05) is 0 Å². The summed E-state index contributed by atoms with van der Waals surface area (Å²) in [5.41, 5.74) is 2.49. The molecule has 0 bridgehead atoms. The summed E-state index contributed by atoms with van der Waals surface area (Å²) in [5.74, 6) is 0.741. The van der Waals surface area contributed by atoms with Gasteiger partial charge < -0.3 is 4.84 Å². The highest BCUT2D eigenvalue weighted by Gasteiger charge is 2.23. The molecule has 1 aromatic rings. The Balaban J connectivity index is 1.65. The van der Waals surface area contributed by atoms with Crippen LogP contribution in [0, 0.1) is 0 Å². The quantitative estimate of drug-likeness (QED) is 0.575. The summed E-state index contributed by atoms with van der Waals surface area (Å²) in [6.45, 7) is 0. The van der Waals surface area contributed by atoms with E-state index in [4.69, 9.17) is 4.84 Å². The van der Waals surface area contributed by atoms with Crippen molar-refractivity contribution in [1.82, 2.24) is 0 Å². The molecule has 18 heavy (non-hydrogen) atoms. The van der Waals surface area contributed by atoms with Crippen LogP contribution in [0.5, 0.6) is 0 Å². The van der Waals surface area contributed by atoms with Gasteiger partial charge in [-0.25, -0.2) is 0 Å². The van der Waals surface area contributed by atoms with E-state index >= 15 is 0 Å². The molecule has 2 nitrogen and oxygen atoms in total. The van der Waals surface area contributed by atoms with Gasteiger partial charge in [0.15, 0.2) is 0 Å². The normalized spacial score (nSPS) is 21.3. The molecule has 2 aliphatic rings. The second-order valence-electron chi connectivity index (χ2n) is 5.47. The summed E-state index contributed by atoms with van der Waals surface area (Å²) in [6.07, 6.45) is 12.5. The van der Waals surface area contributed by atoms with Crippen molar-refractivity contribution >= 4 is 6.21 Å². The molecule has 0 unspecified atom stereocenters. The Morgan fingerprint density at radius 2 is 1.89 bits per heavy atom. The molecule has 0 spiro atoms. The van der Waals surface area contributed by atoms with Crippen LogP contribution in [-0.2, 0) is 4.84 Å². The molecule has 2 saturated carbocycles. The highest BCUT2D eigenvalue weighted by Crippen LogP contribution is 2.32. The van der Waals surface area contributed by atoms with Gasteiger partial charge in [0, 0.05) is 5.56 Å². The monoisotopic (exact) mass is 242 g/mol. The fraction of sp³-hybridized carbons (Fsp3) is 0.562. The Labute approximate surface area is 109 Å². The van der Waals surface area contributed by atoms with Gasteiger partial charge in [-0.2, -0.15) is 0 Å². The van der Waals surface area contributed by atoms with Crippen LogP contribution in [0.2, 0.25) is 0 Å². The van der Waals surface area contributed by atoms with Crippen molar-refractivity contribution in [2.24, 2.45) is 5.16 Å². The Kier molecular flexibility index (Phi) is 3.63. The van der Waals surface area contributed by atoms with Crippen LogP contribution in [0.1, 0.15) is 62.0 Å². The Bertz CT molecular complexity index is 417. The lowest BCUT2D eigenvalue weighted by Gasteiger charge is -2.22. The first-order chi connectivity index (χ1) is 8.92. The van der Waals surface area contributed by atoms with E-state index < -0.39 is 0 Å². The van der Waals surface area contributed by atoms with E-state index in [1.807, 2.05) is 6.07 Å². The van der Waals surface area contributed by atoms with Crippen LogP contribution in [0.4, 0.5) is 0 Å². The highest BCUT2D eigenvalue weighted by molar-refractivity contribution is 5.79. The maximum absolute atomic E-state index is 5.26. The van der Waals surface area contributed by atoms with E-state index in [1.165, 1.54) is 37.7 Å². The Hall–Kier alpha value is -1.31. The zero-order chi connectivity index (χ0) is 12.2. The summed E-state index contributed by atoms with van der Waals surface area (Å²) in [7, 11) is 0. The number of hydrogen-bond donors (Lipinski definition) is 0. The van der Waals surface area contributed by atoms with Crippen molar-refractivity contribution in [1.29, 1.82) is 0 Å². The van der Waals surface area contributed by atoms with Crippen molar-refractivity contribution in [3.8, 4) is 0 Å². The fourth-order valence-electron chi connectivity index (χ4n) is 2.63. The van der Waals surface area contributed by atoms with Gasteiger partial charge in [-0.05, 0) is 43.2 Å². The van der Waals surface area contributed by atoms with Crippen molar-refractivity contribution < 1.29 is 4.84 Å². The molecule has 0 amide bonds. The minimum Gasteiger partial charge on any atom is -0.392 e. The van der Waals surface area contributed by atoms with Crippen molar-refractivity contribution in [2.45, 2.75) is 57.0 Å². The summed E-state index contributed by atoms with van der Waals surface area (Å²) >= 11 is 0. The molecule has 0 aromatic heterocycles. The molecule has 0 atom stereocenters. The Morgan fingerprint density at radius 3 is 2.67 bits per heavy atom. The smallest absolute Gasteiger partial charge is 0.139 e. The van der Waals surface area contributed by atoms with E-state index in [0.717, 1.165) is 24.3 Å². The topological polar surface area (TPSA) is 21.6 Å². The average molecular weight is 242 g/mol. The summed E-state index contributed by atoms with van der Waals surface area (Å²) in [4.78, 5) is 5.26. The van der Waals surface area contributed by atoms with Gasteiger partial charge in [-0.3, -0.25) is 0 Å². The standard InChI is InChI=1S/C16H20NO/c1-2-6-14(7-3-1)15-8-4-5-13(11-15)12-17-18-16-9-10-16/h4-5,8,11,14,16H,1-3,6-7,9-10H2. The minimum absolute atomic E-state index is 0.360. The van der Waals surface area contributed by atoms with Gasteiger partial charge in [0.05, 0.1) is 0 Å². The van der Waals surface area contributed by atoms with Crippen LogP contribution in [0.25, 0.3) is 0 Å². The second kappa shape index (κ2) is 5.55. The first kappa shape index (κ1) is 11.8. The van der Waals surface area contributed by atoms with Crippen LogP contribution in [0.3, 0.4) is 0 Å². The number of nitrogens with zero attached hydrogens (tertiary/aromatic N) is 1. The second-order valence-corrected chi connectivity index (χ2v) is 5.47. The van der Waals surface area contributed by atoms with Gasteiger partial charge in [0.25, 0.3) is 0 Å². The van der Waals surface area contributed by atoms with Crippen LogP contribution >= 0.6 is 0 Å². The SMILES string of the molecule is [C](=N\OC1CC1)/c1cccc(C2CCCCC2)c1. The largest absolute Gasteiger partial charge is 0.392 e. The van der Waals surface area contributed by atoms with Gasteiger partial charge in [0.1, 0.15) is 12.3 Å². The highest BCUT2D eigenvalue weighted by atomic mass is 16.6. The lowest BCUT2D eigenvalue weighted by atomic mass is 9.84. The van der Waals surface area contributed by atoms with Crippen LogP contribution in [-0.4, -0.2) is 12.3 Å². The number of hydrogen-bond acceptors (Lipinski definition) is 2. The lowest BCUT2D eigenvalue weighted by Crippen LogP contribution is -2.04. The molecule has 3 rings (SSSR count). The van der Waals surface area contributed by atoms with Crippen LogP contribution < -0.4 is 0 Å². The molecule has 0 N–H and O–H groups in total. The Morgan fingerprint density at radius 1 is 1.06 bits per heavy atom. The fourth-order valence-corrected chi connectivity index (χ4v) is 2.63. The first-order valence-corrected chi connectivity index (χ1v) is 7.13. The van der Waals surface area contributed by atoms with Crippen molar-refractivity contribution in [3.05, 3.63) is 35.4 Å². The molecule has 1 radical (unpaired) electrons. The molecule has 0 heterocycles. The lowest BCUT2D eigenvalue weighted by molar-refractivity contribution is 0.131. The van der Waals surface area contributed by atoms with E-state index in [2.05, 4.69) is 29.6 Å². The molecule has 0 saturated heterocycles. The predicted molar refractivity (Wildman–Crippen MR) is 72.9 cm³/mol. The predicted octanol–water partition coefficient (Wildman–Crippen LogP) is 4.12. The molecule has 1 aromatic carbocycles. The molecule has 2 fully saturated rings. The number of rotatable bonds is 4. The summed E-state index contributed by atoms with van der Waals surface area (Å²) in [6, 6.07) is 8.61. The average Bonchev–Trinajstić information content (AvgIpc) is 3.24. The summed E-state index contributed by atoms with van der Waals surface area (Å²) in [5, 5.41) is 3.94. The molecule has 0 aliphatic heterocycles. The first-order valence-electron chi connectivity index (χ1n) is 7.13. The zero-order valence-corrected chi connectivity index (χ0v) is 10.8. The number of benzene rings is 1. The van der Waals surface area contributed by atoms with Gasteiger partial charge in [-0.1, -0.05) is 42.6 Å². The molecule has 2 aliphatic carbocycles. The van der Waals surface area contributed by atoms with E-state index in [9.17, 15) is 0 Å². The maximum atomic E-state index is 5.26. The molecular formula is C16H20NO.